The van der Waals surface area contributed by atoms with Gasteiger partial charge >= 0.3 is 0 Å². The highest BCUT2D eigenvalue weighted by atomic mass is 32.1. The van der Waals surface area contributed by atoms with Gasteiger partial charge in [0.25, 0.3) is 0 Å². The van der Waals surface area contributed by atoms with E-state index in [0.717, 1.165) is 6.42 Å². The highest BCUT2D eigenvalue weighted by Gasteiger charge is 2.07. The molecule has 0 aliphatic heterocycles. The first-order chi connectivity index (χ1) is 11.8. The predicted molar refractivity (Wildman–Crippen MR) is 106 cm³/mol. The van der Waals surface area contributed by atoms with E-state index >= 15 is 0 Å². The molecule has 1 heterocycles. The number of Topliss-reactive ketones (excluding diaryl/α,β-unsaturated/α-hetero) is 1. The summed E-state index contributed by atoms with van der Waals surface area (Å²) in [6.45, 7) is 2.27. The quantitative estimate of drug-likeness (QED) is 0.177. The minimum absolute atomic E-state index is 0.211. The summed E-state index contributed by atoms with van der Waals surface area (Å²) in [5.41, 5.74) is 0. The van der Waals surface area contributed by atoms with Gasteiger partial charge in [0.15, 0.2) is 10.8 Å². The van der Waals surface area contributed by atoms with Crippen LogP contribution in [0.5, 0.6) is 0 Å². The Kier molecular flexibility index (Phi) is 13.7. The molecule has 3 heteroatoms. The first-order valence-corrected chi connectivity index (χ1v) is 10.8. The van der Waals surface area contributed by atoms with Crippen molar-refractivity contribution in [2.45, 2.75) is 96.8 Å². The predicted octanol–water partition coefficient (Wildman–Crippen LogP) is 7.36. The maximum atomic E-state index is 11.8. The van der Waals surface area contributed by atoms with Gasteiger partial charge in [-0.15, -0.1) is 11.3 Å². The third kappa shape index (κ3) is 11.6. The summed E-state index contributed by atoms with van der Waals surface area (Å²) in [5, 5.41) is 2.54. The molecule has 0 saturated heterocycles. The molecule has 0 atom stereocenters. The van der Waals surface area contributed by atoms with E-state index < -0.39 is 0 Å². The van der Waals surface area contributed by atoms with Gasteiger partial charge in [0.2, 0.25) is 0 Å². The van der Waals surface area contributed by atoms with Crippen LogP contribution in [0.15, 0.2) is 23.7 Å². The Balaban J connectivity index is 1.80. The zero-order chi connectivity index (χ0) is 17.3. The van der Waals surface area contributed by atoms with Crippen LogP contribution in [0.25, 0.3) is 0 Å². The number of aromatic nitrogens is 1. The number of carbonyl (C=O) groups excluding carboxylic acids is 1. The van der Waals surface area contributed by atoms with Crippen molar-refractivity contribution in [1.29, 1.82) is 0 Å². The molecule has 2 nitrogen and oxygen atoms in total. The molecule has 0 aliphatic carbocycles. The second-order valence-electron chi connectivity index (χ2n) is 6.59. The van der Waals surface area contributed by atoms with Crippen molar-refractivity contribution in [3.63, 3.8) is 0 Å². The van der Waals surface area contributed by atoms with Crippen LogP contribution in [0.1, 0.15) is 107 Å². The number of carbonyl (C=O) groups is 1. The Morgan fingerprint density at radius 3 is 2.08 bits per heavy atom. The summed E-state index contributed by atoms with van der Waals surface area (Å²) < 4.78 is 0. The van der Waals surface area contributed by atoms with E-state index in [1.807, 2.05) is 5.38 Å². The van der Waals surface area contributed by atoms with Crippen molar-refractivity contribution in [1.82, 2.24) is 4.98 Å². The maximum absolute atomic E-state index is 11.8. The standard InChI is InChI=1S/C21H35NOS/c1-2-3-4-5-6-7-8-9-10-11-12-13-14-15-16-17-20(23)21-22-18-19-24-21/h9-10,18-19H,2-8,11-17H2,1H3/b10-9+. The van der Waals surface area contributed by atoms with E-state index in [1.54, 1.807) is 6.20 Å². The van der Waals surface area contributed by atoms with Crippen LogP contribution in [-0.2, 0) is 0 Å². The van der Waals surface area contributed by atoms with Gasteiger partial charge in [0.1, 0.15) is 0 Å². The van der Waals surface area contributed by atoms with Gasteiger partial charge in [0.05, 0.1) is 0 Å². The third-order valence-corrected chi connectivity index (χ3v) is 5.15. The number of rotatable bonds is 16. The van der Waals surface area contributed by atoms with Crippen molar-refractivity contribution in [3.05, 3.63) is 28.7 Å². The molecule has 0 bridgehead atoms. The molecule has 0 fully saturated rings. The molecule has 0 spiro atoms. The van der Waals surface area contributed by atoms with Crippen molar-refractivity contribution >= 4 is 17.1 Å². The van der Waals surface area contributed by atoms with E-state index in [2.05, 4.69) is 24.1 Å². The number of hydrogen-bond acceptors (Lipinski definition) is 3. The summed E-state index contributed by atoms with van der Waals surface area (Å²) in [4.78, 5) is 15.8. The van der Waals surface area contributed by atoms with E-state index in [9.17, 15) is 4.79 Å². The largest absolute Gasteiger partial charge is 0.292 e. The summed E-state index contributed by atoms with van der Waals surface area (Å²) >= 11 is 1.45. The van der Waals surface area contributed by atoms with Gasteiger partial charge in [-0.1, -0.05) is 70.4 Å². The second-order valence-corrected chi connectivity index (χ2v) is 7.49. The van der Waals surface area contributed by atoms with Crippen LogP contribution in [0.2, 0.25) is 0 Å². The fraction of sp³-hybridized carbons (Fsp3) is 0.714. The van der Waals surface area contributed by atoms with Gasteiger partial charge in [-0.3, -0.25) is 4.79 Å². The minimum Gasteiger partial charge on any atom is -0.292 e. The molecule has 0 aromatic carbocycles. The SMILES string of the molecule is CCCCCCCC/C=C/CCCCCCCC(=O)c1nccs1. The Labute approximate surface area is 152 Å². The monoisotopic (exact) mass is 349 g/mol. The number of ketones is 1. The second kappa shape index (κ2) is 15.6. The average Bonchev–Trinajstić information content (AvgIpc) is 3.13. The lowest BCUT2D eigenvalue weighted by atomic mass is 10.1. The van der Waals surface area contributed by atoms with Crippen LogP contribution < -0.4 is 0 Å². The Bertz CT molecular complexity index is 425. The minimum atomic E-state index is 0.211. The first kappa shape index (κ1) is 21.1. The zero-order valence-corrected chi connectivity index (χ0v) is 16.3. The normalized spacial score (nSPS) is 11.4. The smallest absolute Gasteiger partial charge is 0.191 e. The van der Waals surface area contributed by atoms with Crippen LogP contribution >= 0.6 is 11.3 Å². The summed E-state index contributed by atoms with van der Waals surface area (Å²) in [6.07, 6.45) is 23.9. The van der Waals surface area contributed by atoms with Gasteiger partial charge < -0.3 is 0 Å². The van der Waals surface area contributed by atoms with Gasteiger partial charge in [-0.05, 0) is 32.1 Å². The van der Waals surface area contributed by atoms with Crippen LogP contribution in [0, 0.1) is 0 Å². The van der Waals surface area contributed by atoms with E-state index in [-0.39, 0.29) is 5.78 Å². The Morgan fingerprint density at radius 2 is 1.50 bits per heavy atom. The topological polar surface area (TPSA) is 30.0 Å². The molecule has 1 aromatic rings. The fourth-order valence-corrected chi connectivity index (χ4v) is 3.43. The zero-order valence-electron chi connectivity index (χ0n) is 15.5. The number of unbranched alkanes of at least 4 members (excludes halogenated alkanes) is 11. The lowest BCUT2D eigenvalue weighted by Crippen LogP contribution is -1.97. The highest BCUT2D eigenvalue weighted by Crippen LogP contribution is 2.13. The average molecular weight is 350 g/mol. The molecule has 0 aliphatic rings. The molecule has 0 saturated carbocycles. The molecule has 136 valence electrons. The number of nitrogens with zero attached hydrogens (tertiary/aromatic N) is 1. The Morgan fingerprint density at radius 1 is 0.917 bits per heavy atom. The first-order valence-electron chi connectivity index (χ1n) is 9.92. The van der Waals surface area contributed by atoms with Gasteiger partial charge in [0, 0.05) is 18.0 Å². The van der Waals surface area contributed by atoms with E-state index in [4.69, 9.17) is 0 Å². The summed E-state index contributed by atoms with van der Waals surface area (Å²) in [5.74, 6) is 0.211. The van der Waals surface area contributed by atoms with Crippen molar-refractivity contribution < 1.29 is 4.79 Å². The van der Waals surface area contributed by atoms with E-state index in [1.165, 1.54) is 88.4 Å². The Hall–Kier alpha value is -0.960. The molecule has 24 heavy (non-hydrogen) atoms. The molecular formula is C21H35NOS. The molecule has 0 radical (unpaired) electrons. The lowest BCUT2D eigenvalue weighted by molar-refractivity contribution is 0.0978. The molecule has 0 amide bonds. The van der Waals surface area contributed by atoms with Crippen molar-refractivity contribution in [3.8, 4) is 0 Å². The summed E-state index contributed by atoms with van der Waals surface area (Å²) in [7, 11) is 0. The number of thiazole rings is 1. The molecule has 0 N–H and O–H groups in total. The van der Waals surface area contributed by atoms with Gasteiger partial charge in [-0.25, -0.2) is 4.98 Å². The van der Waals surface area contributed by atoms with Crippen LogP contribution in [0.3, 0.4) is 0 Å². The lowest BCUT2D eigenvalue weighted by Gasteiger charge is -2.00. The molecule has 1 rings (SSSR count). The van der Waals surface area contributed by atoms with Crippen molar-refractivity contribution in [2.75, 3.05) is 0 Å². The van der Waals surface area contributed by atoms with Gasteiger partial charge in [-0.2, -0.15) is 0 Å². The molecule has 0 unspecified atom stereocenters. The van der Waals surface area contributed by atoms with E-state index in [0.29, 0.717) is 11.4 Å². The molecule has 1 aromatic heterocycles. The number of hydrogen-bond donors (Lipinski definition) is 0. The number of allylic oxidation sites excluding steroid dienone is 2. The highest BCUT2D eigenvalue weighted by molar-refractivity contribution is 7.11. The van der Waals surface area contributed by atoms with Crippen LogP contribution in [0.4, 0.5) is 0 Å². The third-order valence-electron chi connectivity index (χ3n) is 4.34. The molecular weight excluding hydrogens is 314 g/mol. The fourth-order valence-electron chi connectivity index (χ4n) is 2.82. The summed E-state index contributed by atoms with van der Waals surface area (Å²) in [6, 6.07) is 0. The van der Waals surface area contributed by atoms with Crippen LogP contribution in [-0.4, -0.2) is 10.8 Å². The maximum Gasteiger partial charge on any atom is 0.191 e. The van der Waals surface area contributed by atoms with Crippen molar-refractivity contribution in [2.24, 2.45) is 0 Å².